The van der Waals surface area contributed by atoms with E-state index in [0.717, 1.165) is 45.4 Å². The first-order valence-electron chi connectivity index (χ1n) is 23.8. The number of para-hydroxylation sites is 1. The Hall–Kier alpha value is -6.38. The fourth-order valence-electron chi connectivity index (χ4n) is 14.4. The Kier molecular flexibility index (Phi) is 7.64. The zero-order valence-corrected chi connectivity index (χ0v) is 36.0. The fourth-order valence-corrected chi connectivity index (χ4v) is 14.4. The first-order chi connectivity index (χ1) is 31.1. The Balaban J connectivity index is 0.949. The third kappa shape index (κ3) is 5.01. The molecular weight excluding hydrogens is 763 g/mol. The van der Waals surface area contributed by atoms with Crippen LogP contribution in [-0.4, -0.2) is 0 Å². The summed E-state index contributed by atoms with van der Waals surface area (Å²) in [5.74, 6) is 2.42. The number of nitrogens with zero attached hydrogens (tertiary/aromatic N) is 1. The molecule has 5 aliphatic rings. The number of hydrogen-bond donors (Lipinski definition) is 0. The summed E-state index contributed by atoms with van der Waals surface area (Å²) in [6.07, 6.45) is 11.7. The Labute approximate surface area is 370 Å². The standard InChI is InChI=1S/C61H51NO/c1-38-32-39-28-31-61(41(33-38)34-39)54-18-8-5-14-47(54)52-35-40(20-26-55(52)61)44-25-27-57(49-15-3-2-12-45(44)49)62(43-22-24-51-50-16-6-9-19-58(50)63-59(51)37-43)42-21-23-48-46-13-4-7-17-53(46)60(56(48)36-42)29-10-11-30-60/h2-9,12-27,35-39,41H,10-11,28-34H2,1H3/t38-,39?,41-,61-/m1/s1. The molecule has 3 fully saturated rings. The highest BCUT2D eigenvalue weighted by atomic mass is 16.3. The zero-order chi connectivity index (χ0) is 41.4. The molecule has 2 bridgehead atoms. The third-order valence-electron chi connectivity index (χ3n) is 16.9. The second-order valence-electron chi connectivity index (χ2n) is 20.0. The lowest BCUT2D eigenvalue weighted by Crippen LogP contribution is -2.44. The minimum Gasteiger partial charge on any atom is -0.456 e. The van der Waals surface area contributed by atoms with E-state index < -0.39 is 0 Å². The van der Waals surface area contributed by atoms with E-state index in [9.17, 15) is 0 Å². The van der Waals surface area contributed by atoms with E-state index in [1.807, 2.05) is 0 Å². The molecule has 63 heavy (non-hydrogen) atoms. The van der Waals surface area contributed by atoms with E-state index in [1.165, 1.54) is 124 Å². The van der Waals surface area contributed by atoms with Crippen molar-refractivity contribution in [1.82, 2.24) is 0 Å². The Morgan fingerprint density at radius 2 is 1.14 bits per heavy atom. The van der Waals surface area contributed by atoms with Gasteiger partial charge in [-0.15, -0.1) is 0 Å². The van der Waals surface area contributed by atoms with E-state index >= 15 is 0 Å². The molecule has 8 aromatic carbocycles. The molecule has 5 aliphatic carbocycles. The molecule has 3 saturated carbocycles. The van der Waals surface area contributed by atoms with Gasteiger partial charge in [0.1, 0.15) is 11.2 Å². The van der Waals surface area contributed by atoms with E-state index in [2.05, 4.69) is 176 Å². The molecule has 2 heteroatoms. The molecule has 0 amide bonds. The van der Waals surface area contributed by atoms with Crippen molar-refractivity contribution in [2.24, 2.45) is 17.8 Å². The molecule has 2 spiro atoms. The predicted molar refractivity (Wildman–Crippen MR) is 261 cm³/mol. The first-order valence-corrected chi connectivity index (χ1v) is 23.8. The summed E-state index contributed by atoms with van der Waals surface area (Å²) >= 11 is 0. The van der Waals surface area contributed by atoms with Crippen molar-refractivity contribution in [3.05, 3.63) is 186 Å². The fraction of sp³-hybridized carbons (Fsp3) is 0.246. The van der Waals surface area contributed by atoms with Gasteiger partial charge in [-0.1, -0.05) is 135 Å². The molecule has 0 saturated heterocycles. The third-order valence-corrected chi connectivity index (χ3v) is 16.9. The van der Waals surface area contributed by atoms with Crippen LogP contribution in [0.2, 0.25) is 0 Å². The van der Waals surface area contributed by atoms with Crippen LogP contribution in [0.4, 0.5) is 17.1 Å². The van der Waals surface area contributed by atoms with Crippen LogP contribution >= 0.6 is 0 Å². The molecule has 9 aromatic rings. The summed E-state index contributed by atoms with van der Waals surface area (Å²) < 4.78 is 6.58. The highest BCUT2D eigenvalue weighted by Gasteiger charge is 2.53. The van der Waals surface area contributed by atoms with Crippen molar-refractivity contribution >= 4 is 49.8 Å². The summed E-state index contributed by atoms with van der Waals surface area (Å²) in [4.78, 5) is 2.51. The topological polar surface area (TPSA) is 16.4 Å². The summed E-state index contributed by atoms with van der Waals surface area (Å²) in [6, 6.07) is 62.7. The Bertz CT molecular complexity index is 3340. The second-order valence-corrected chi connectivity index (χ2v) is 20.0. The normalized spacial score (nSPS) is 22.5. The number of fused-ring (bicyclic) bond motifs is 17. The van der Waals surface area contributed by atoms with Crippen LogP contribution in [-0.2, 0) is 10.8 Å². The zero-order valence-electron chi connectivity index (χ0n) is 36.0. The van der Waals surface area contributed by atoms with Crippen LogP contribution in [0.3, 0.4) is 0 Å². The van der Waals surface area contributed by atoms with E-state index in [-0.39, 0.29) is 10.8 Å². The number of anilines is 3. The molecule has 4 atom stereocenters. The largest absolute Gasteiger partial charge is 0.456 e. The monoisotopic (exact) mass is 813 g/mol. The summed E-state index contributed by atoms with van der Waals surface area (Å²) in [5, 5.41) is 4.82. The van der Waals surface area contributed by atoms with Crippen molar-refractivity contribution in [1.29, 1.82) is 0 Å². The number of benzene rings is 8. The van der Waals surface area contributed by atoms with Crippen LogP contribution in [0.15, 0.2) is 168 Å². The van der Waals surface area contributed by atoms with Crippen molar-refractivity contribution < 1.29 is 4.42 Å². The molecule has 0 N–H and O–H groups in total. The van der Waals surface area contributed by atoms with Gasteiger partial charge in [0.15, 0.2) is 0 Å². The first kappa shape index (κ1) is 36.1. The van der Waals surface area contributed by atoms with Crippen molar-refractivity contribution in [2.45, 2.75) is 75.5 Å². The van der Waals surface area contributed by atoms with Gasteiger partial charge in [-0.2, -0.15) is 0 Å². The predicted octanol–water partition coefficient (Wildman–Crippen LogP) is 16.8. The van der Waals surface area contributed by atoms with Crippen molar-refractivity contribution in [2.75, 3.05) is 4.90 Å². The molecule has 0 radical (unpaired) electrons. The van der Waals surface area contributed by atoms with Gasteiger partial charge in [-0.25, -0.2) is 0 Å². The summed E-state index contributed by atoms with van der Waals surface area (Å²) in [6.45, 7) is 2.51. The lowest BCUT2D eigenvalue weighted by molar-refractivity contribution is 0.0856. The maximum Gasteiger partial charge on any atom is 0.137 e. The van der Waals surface area contributed by atoms with Crippen molar-refractivity contribution in [3.63, 3.8) is 0 Å². The Morgan fingerprint density at radius 3 is 2.02 bits per heavy atom. The van der Waals surface area contributed by atoms with Crippen LogP contribution in [0.1, 0.15) is 87.0 Å². The lowest BCUT2D eigenvalue weighted by Gasteiger charge is -2.50. The number of furan rings is 1. The quantitative estimate of drug-likeness (QED) is 0.176. The molecule has 1 unspecified atom stereocenters. The van der Waals surface area contributed by atoms with Gasteiger partial charge in [0.05, 0.1) is 5.69 Å². The smallest absolute Gasteiger partial charge is 0.137 e. The highest BCUT2D eigenvalue weighted by Crippen LogP contribution is 2.63. The van der Waals surface area contributed by atoms with Crippen molar-refractivity contribution in [3.8, 4) is 33.4 Å². The maximum absolute atomic E-state index is 6.58. The van der Waals surface area contributed by atoms with Crippen LogP contribution < -0.4 is 4.90 Å². The minimum absolute atomic E-state index is 0.0710. The van der Waals surface area contributed by atoms with Gasteiger partial charge < -0.3 is 9.32 Å². The maximum atomic E-state index is 6.58. The van der Waals surface area contributed by atoms with Gasteiger partial charge in [0, 0.05) is 44.4 Å². The average Bonchev–Trinajstić information content (AvgIpc) is 4.10. The molecule has 0 aliphatic heterocycles. The lowest BCUT2D eigenvalue weighted by atomic mass is 9.53. The summed E-state index contributed by atoms with van der Waals surface area (Å²) in [5.41, 5.74) is 20.0. The van der Waals surface area contributed by atoms with Gasteiger partial charge in [0.2, 0.25) is 0 Å². The van der Waals surface area contributed by atoms with E-state index in [4.69, 9.17) is 4.42 Å². The minimum atomic E-state index is 0.0710. The van der Waals surface area contributed by atoms with Crippen LogP contribution in [0.5, 0.6) is 0 Å². The molecule has 2 nitrogen and oxygen atoms in total. The Morgan fingerprint density at radius 1 is 0.476 bits per heavy atom. The van der Waals surface area contributed by atoms with E-state index in [1.54, 1.807) is 11.1 Å². The summed E-state index contributed by atoms with van der Waals surface area (Å²) in [7, 11) is 0. The average molecular weight is 814 g/mol. The molecule has 306 valence electrons. The van der Waals surface area contributed by atoms with Gasteiger partial charge in [-0.3, -0.25) is 0 Å². The second kappa shape index (κ2) is 13.3. The molecule has 1 heterocycles. The SMILES string of the molecule is C[C@@H]1CC2CC[C@]3(c4ccccc4-c4cc(-c5ccc(N(c6ccc7c(c6)C6(CCCC6)c6ccccc6-7)c6ccc7c(c6)oc6ccccc67)c6ccccc56)ccc43)[C@@H](C2)C1. The highest BCUT2D eigenvalue weighted by molar-refractivity contribution is 6.09. The number of rotatable bonds is 4. The van der Waals surface area contributed by atoms with Crippen LogP contribution in [0.25, 0.3) is 66.1 Å². The number of hydrogen-bond acceptors (Lipinski definition) is 2. The van der Waals surface area contributed by atoms with Gasteiger partial charge >= 0.3 is 0 Å². The van der Waals surface area contributed by atoms with E-state index in [0.29, 0.717) is 0 Å². The molecule has 14 rings (SSSR count). The van der Waals surface area contributed by atoms with Gasteiger partial charge in [-0.05, 0) is 166 Å². The van der Waals surface area contributed by atoms with Gasteiger partial charge in [0.25, 0.3) is 0 Å². The molecule has 1 aromatic heterocycles. The molecular formula is C61H51NO. The van der Waals surface area contributed by atoms with Crippen LogP contribution in [0, 0.1) is 17.8 Å².